The number of benzene rings is 1. The molecule has 3 nitrogen and oxygen atoms in total. The van der Waals surface area contributed by atoms with Crippen LogP contribution in [0.2, 0.25) is 20.4 Å². The van der Waals surface area contributed by atoms with Crippen molar-refractivity contribution in [2.45, 2.75) is 6.42 Å². The minimum atomic E-state index is 0.337. The van der Waals surface area contributed by atoms with Gasteiger partial charge in [0.05, 0.1) is 16.2 Å². The third-order valence-corrected chi connectivity index (χ3v) is 4.05. The van der Waals surface area contributed by atoms with Crippen molar-refractivity contribution in [1.82, 2.24) is 14.4 Å². The predicted octanol–water partition coefficient (Wildman–Crippen LogP) is 4.93. The summed E-state index contributed by atoms with van der Waals surface area (Å²) in [7, 11) is 0. The summed E-state index contributed by atoms with van der Waals surface area (Å²) in [6.07, 6.45) is 2.19. The summed E-state index contributed by atoms with van der Waals surface area (Å²) in [6, 6.07) is 7.04. The van der Waals surface area contributed by atoms with Crippen molar-refractivity contribution in [3.8, 4) is 0 Å². The second-order valence-corrected chi connectivity index (χ2v) is 5.78. The number of fused-ring (bicyclic) bond motifs is 1. The van der Waals surface area contributed by atoms with Crippen LogP contribution in [0.1, 0.15) is 11.4 Å². The summed E-state index contributed by atoms with van der Waals surface area (Å²) < 4.78 is 1.75. The van der Waals surface area contributed by atoms with Crippen LogP contribution in [0.3, 0.4) is 0 Å². The molecule has 0 bridgehead atoms. The lowest BCUT2D eigenvalue weighted by atomic mass is 10.1. The van der Waals surface area contributed by atoms with E-state index in [0.29, 0.717) is 32.4 Å². The quantitative estimate of drug-likeness (QED) is 0.615. The summed E-state index contributed by atoms with van der Waals surface area (Å²) in [5.74, 6) is 0.757. The molecule has 0 unspecified atom stereocenters. The topological polar surface area (TPSA) is 30.2 Å². The summed E-state index contributed by atoms with van der Waals surface area (Å²) in [5.41, 5.74) is 1.59. The smallest absolute Gasteiger partial charge is 0.159 e. The van der Waals surface area contributed by atoms with Crippen LogP contribution in [0.25, 0.3) is 5.65 Å². The molecule has 7 heteroatoms. The van der Waals surface area contributed by atoms with E-state index in [4.69, 9.17) is 46.4 Å². The fraction of sp³-hybridized carbons (Fsp3) is 0.0769. The molecule has 20 heavy (non-hydrogen) atoms. The fourth-order valence-corrected chi connectivity index (χ4v) is 2.81. The van der Waals surface area contributed by atoms with Gasteiger partial charge in [-0.15, -0.1) is 0 Å². The third-order valence-electron chi connectivity index (χ3n) is 2.84. The largest absolute Gasteiger partial charge is 0.270 e. The maximum atomic E-state index is 6.18. The van der Waals surface area contributed by atoms with E-state index in [9.17, 15) is 0 Å². The van der Waals surface area contributed by atoms with Crippen LogP contribution in [0.4, 0.5) is 0 Å². The van der Waals surface area contributed by atoms with Gasteiger partial charge in [0.25, 0.3) is 0 Å². The predicted molar refractivity (Wildman–Crippen MR) is 82.3 cm³/mol. The van der Waals surface area contributed by atoms with E-state index >= 15 is 0 Å². The van der Waals surface area contributed by atoms with E-state index < -0.39 is 0 Å². The van der Waals surface area contributed by atoms with Crippen LogP contribution in [0.5, 0.6) is 0 Å². The molecule has 0 saturated carbocycles. The van der Waals surface area contributed by atoms with Crippen molar-refractivity contribution in [3.63, 3.8) is 0 Å². The lowest BCUT2D eigenvalue weighted by Gasteiger charge is -2.05. The Morgan fingerprint density at radius 1 is 1.00 bits per heavy atom. The van der Waals surface area contributed by atoms with E-state index in [0.717, 1.165) is 11.4 Å². The minimum Gasteiger partial charge on any atom is -0.270 e. The maximum Gasteiger partial charge on any atom is 0.159 e. The average molecular weight is 347 g/mol. The minimum absolute atomic E-state index is 0.337. The Bertz CT molecular complexity index is 798. The molecule has 0 aliphatic rings. The summed E-state index contributed by atoms with van der Waals surface area (Å²) in [6.45, 7) is 0. The van der Waals surface area contributed by atoms with Crippen LogP contribution in [0.15, 0.2) is 30.5 Å². The van der Waals surface area contributed by atoms with Gasteiger partial charge in [-0.3, -0.25) is 4.40 Å². The van der Waals surface area contributed by atoms with Gasteiger partial charge in [-0.2, -0.15) is 0 Å². The first-order valence-electron chi connectivity index (χ1n) is 5.67. The van der Waals surface area contributed by atoms with Crippen molar-refractivity contribution in [2.24, 2.45) is 0 Å². The van der Waals surface area contributed by atoms with E-state index in [1.807, 2.05) is 12.1 Å². The molecule has 0 radical (unpaired) electrons. The lowest BCUT2D eigenvalue weighted by molar-refractivity contribution is 0.952. The zero-order valence-electron chi connectivity index (χ0n) is 9.95. The highest BCUT2D eigenvalue weighted by Crippen LogP contribution is 2.25. The summed E-state index contributed by atoms with van der Waals surface area (Å²) in [4.78, 5) is 8.49. The van der Waals surface area contributed by atoms with Gasteiger partial charge in [-0.25, -0.2) is 9.97 Å². The highest BCUT2D eigenvalue weighted by molar-refractivity contribution is 6.42. The number of nitrogens with zero attached hydrogens (tertiary/aromatic N) is 3. The third kappa shape index (κ3) is 2.59. The number of imidazole rings is 1. The zero-order chi connectivity index (χ0) is 14.3. The number of hydrogen-bond donors (Lipinski definition) is 0. The molecule has 0 spiro atoms. The molecule has 0 N–H and O–H groups in total. The van der Waals surface area contributed by atoms with Crippen molar-refractivity contribution in [1.29, 1.82) is 0 Å². The summed E-state index contributed by atoms with van der Waals surface area (Å²) >= 11 is 24.0. The van der Waals surface area contributed by atoms with Crippen LogP contribution in [-0.2, 0) is 6.42 Å². The number of halogens is 4. The van der Waals surface area contributed by atoms with E-state index in [2.05, 4.69) is 9.97 Å². The second kappa shape index (κ2) is 5.41. The Balaban J connectivity index is 2.04. The molecule has 0 aliphatic heterocycles. The fourth-order valence-electron chi connectivity index (χ4n) is 1.95. The first-order chi connectivity index (χ1) is 9.54. The van der Waals surface area contributed by atoms with Gasteiger partial charge in [0.2, 0.25) is 0 Å². The van der Waals surface area contributed by atoms with Crippen LogP contribution in [-0.4, -0.2) is 14.4 Å². The lowest BCUT2D eigenvalue weighted by Crippen LogP contribution is -1.99. The van der Waals surface area contributed by atoms with Crippen molar-refractivity contribution in [3.05, 3.63) is 62.2 Å². The molecule has 2 heterocycles. The number of hydrogen-bond acceptors (Lipinski definition) is 2. The molecule has 1 aromatic carbocycles. The standard InChI is InChI=1S/C13H7Cl4N3/c14-8-2-1-7(3-9(8)15)4-12-18-6-13-19-10(16)5-11(17)20(12)13/h1-3,5-6H,4H2. The van der Waals surface area contributed by atoms with Crippen LogP contribution in [0, 0.1) is 0 Å². The molecule has 2 aromatic heterocycles. The van der Waals surface area contributed by atoms with Gasteiger partial charge >= 0.3 is 0 Å². The van der Waals surface area contributed by atoms with Crippen LogP contribution >= 0.6 is 46.4 Å². The molecule has 0 fully saturated rings. The molecule has 102 valence electrons. The molecular formula is C13H7Cl4N3. The van der Waals surface area contributed by atoms with Gasteiger partial charge in [0, 0.05) is 12.5 Å². The van der Waals surface area contributed by atoms with E-state index in [-0.39, 0.29) is 0 Å². The van der Waals surface area contributed by atoms with Crippen LogP contribution < -0.4 is 0 Å². The zero-order valence-corrected chi connectivity index (χ0v) is 13.0. The molecule has 0 aliphatic carbocycles. The van der Waals surface area contributed by atoms with Gasteiger partial charge in [0.15, 0.2) is 5.65 Å². The van der Waals surface area contributed by atoms with Gasteiger partial charge in [-0.05, 0) is 17.7 Å². The van der Waals surface area contributed by atoms with Gasteiger partial charge in [0.1, 0.15) is 16.1 Å². The first kappa shape index (κ1) is 14.0. The van der Waals surface area contributed by atoms with Gasteiger partial charge in [-0.1, -0.05) is 52.5 Å². The highest BCUT2D eigenvalue weighted by Gasteiger charge is 2.11. The Kier molecular flexibility index (Phi) is 3.78. The Morgan fingerprint density at radius 2 is 1.80 bits per heavy atom. The van der Waals surface area contributed by atoms with Crippen molar-refractivity contribution in [2.75, 3.05) is 0 Å². The molecule has 3 aromatic rings. The molecule has 3 rings (SSSR count). The highest BCUT2D eigenvalue weighted by atomic mass is 35.5. The Labute approximate surface area is 135 Å². The van der Waals surface area contributed by atoms with E-state index in [1.165, 1.54) is 0 Å². The molecule has 0 amide bonds. The average Bonchev–Trinajstić information content (AvgIpc) is 2.77. The second-order valence-electron chi connectivity index (χ2n) is 4.19. The Hall–Kier alpha value is -1.00. The molecular weight excluding hydrogens is 340 g/mol. The maximum absolute atomic E-state index is 6.18. The molecule has 0 atom stereocenters. The number of aromatic nitrogens is 3. The van der Waals surface area contributed by atoms with Gasteiger partial charge < -0.3 is 0 Å². The summed E-state index contributed by atoms with van der Waals surface area (Å²) in [5, 5.41) is 1.84. The van der Waals surface area contributed by atoms with Crippen molar-refractivity contribution >= 4 is 52.1 Å². The number of rotatable bonds is 2. The normalized spacial score (nSPS) is 11.2. The Morgan fingerprint density at radius 3 is 2.55 bits per heavy atom. The SMILES string of the molecule is Clc1cc(Cl)n2c(Cc3ccc(Cl)c(Cl)c3)ncc2n1. The van der Waals surface area contributed by atoms with E-state index in [1.54, 1.807) is 22.7 Å². The first-order valence-corrected chi connectivity index (χ1v) is 7.18. The monoisotopic (exact) mass is 345 g/mol. The molecule has 0 saturated heterocycles. The van der Waals surface area contributed by atoms with Crippen molar-refractivity contribution < 1.29 is 0 Å².